The molecule has 2 rings (SSSR count). The van der Waals surface area contributed by atoms with Crippen LogP contribution in [0.4, 0.5) is 23.4 Å². The average molecular weight is 399 g/mol. The maximum Gasteiger partial charge on any atom is 0.422 e. The minimum atomic E-state index is -4.60. The molecule has 1 unspecified atom stereocenters. The Kier molecular flexibility index (Phi) is 6.55. The highest BCUT2D eigenvalue weighted by atomic mass is 19.4. The standard InChI is InChI=1S/C18H17F4N3O3/c1-10(12-3-4-14(19)15(7-12)28-9-18(20,21)22)24-17(27)13-5-6-23-16(8-13)25-11(2)26/h3-8,10H,9H2,1-2H3,(H,24,27)(H,23,25,26). The van der Waals surface area contributed by atoms with E-state index in [1.54, 1.807) is 6.92 Å². The first-order valence-corrected chi connectivity index (χ1v) is 8.08. The lowest BCUT2D eigenvalue weighted by Gasteiger charge is -2.17. The van der Waals surface area contributed by atoms with Crippen LogP contribution in [0.15, 0.2) is 36.5 Å². The number of rotatable bonds is 6. The Balaban J connectivity index is 2.10. The summed E-state index contributed by atoms with van der Waals surface area (Å²) in [5, 5.41) is 5.08. The molecule has 6 nitrogen and oxygen atoms in total. The third-order valence-corrected chi connectivity index (χ3v) is 3.52. The predicted molar refractivity (Wildman–Crippen MR) is 92.4 cm³/mol. The van der Waals surface area contributed by atoms with Crippen LogP contribution < -0.4 is 15.4 Å². The summed E-state index contributed by atoms with van der Waals surface area (Å²) in [7, 11) is 0. The maximum absolute atomic E-state index is 13.7. The van der Waals surface area contributed by atoms with Crippen molar-refractivity contribution in [2.75, 3.05) is 11.9 Å². The van der Waals surface area contributed by atoms with Crippen LogP contribution in [0.25, 0.3) is 0 Å². The van der Waals surface area contributed by atoms with Crippen LogP contribution in [-0.4, -0.2) is 29.6 Å². The molecule has 1 aromatic carbocycles. The van der Waals surface area contributed by atoms with Gasteiger partial charge < -0.3 is 15.4 Å². The molecule has 0 bridgehead atoms. The summed E-state index contributed by atoms with van der Waals surface area (Å²) in [6.45, 7) is 1.25. The largest absolute Gasteiger partial charge is 0.481 e. The second kappa shape index (κ2) is 8.68. The molecule has 28 heavy (non-hydrogen) atoms. The smallest absolute Gasteiger partial charge is 0.422 e. The van der Waals surface area contributed by atoms with Gasteiger partial charge in [-0.2, -0.15) is 13.2 Å². The number of anilines is 1. The Morgan fingerprint density at radius 1 is 1.21 bits per heavy atom. The first kappa shape index (κ1) is 21.1. The van der Waals surface area contributed by atoms with E-state index in [-0.39, 0.29) is 17.3 Å². The van der Waals surface area contributed by atoms with Gasteiger partial charge in [0.1, 0.15) is 5.82 Å². The zero-order valence-corrected chi connectivity index (χ0v) is 14.9. The van der Waals surface area contributed by atoms with E-state index in [4.69, 9.17) is 0 Å². The molecular weight excluding hydrogens is 382 g/mol. The number of nitrogens with zero attached hydrogens (tertiary/aromatic N) is 1. The summed E-state index contributed by atoms with van der Waals surface area (Å²) in [4.78, 5) is 27.3. The second-order valence-electron chi connectivity index (χ2n) is 5.90. The molecule has 0 saturated heterocycles. The number of hydrogen-bond donors (Lipinski definition) is 2. The number of halogens is 4. The number of amides is 2. The number of carbonyl (C=O) groups excluding carboxylic acids is 2. The minimum absolute atomic E-state index is 0.192. The van der Waals surface area contributed by atoms with Gasteiger partial charge in [0.05, 0.1) is 6.04 Å². The number of aromatic nitrogens is 1. The SMILES string of the molecule is CC(=O)Nc1cc(C(=O)NC(C)c2ccc(F)c(OCC(F)(F)F)c2)ccn1. The molecule has 10 heteroatoms. The third-order valence-electron chi connectivity index (χ3n) is 3.52. The van der Waals surface area contributed by atoms with E-state index >= 15 is 0 Å². The van der Waals surface area contributed by atoms with Crippen molar-refractivity contribution in [1.82, 2.24) is 10.3 Å². The topological polar surface area (TPSA) is 80.3 Å². The van der Waals surface area contributed by atoms with Gasteiger partial charge in [0.25, 0.3) is 5.91 Å². The summed E-state index contributed by atoms with van der Waals surface area (Å²) in [6, 6.07) is 5.53. The molecule has 0 radical (unpaired) electrons. The van der Waals surface area contributed by atoms with E-state index in [1.165, 1.54) is 31.3 Å². The van der Waals surface area contributed by atoms with Crippen LogP contribution >= 0.6 is 0 Å². The minimum Gasteiger partial charge on any atom is -0.481 e. The Morgan fingerprint density at radius 3 is 2.57 bits per heavy atom. The third kappa shape index (κ3) is 6.22. The van der Waals surface area contributed by atoms with Crippen LogP contribution in [0.5, 0.6) is 5.75 Å². The molecule has 1 aromatic heterocycles. The van der Waals surface area contributed by atoms with E-state index in [0.29, 0.717) is 5.56 Å². The van der Waals surface area contributed by atoms with Gasteiger partial charge in [-0.1, -0.05) is 6.07 Å². The molecule has 0 aliphatic rings. The van der Waals surface area contributed by atoms with E-state index in [1.807, 2.05) is 0 Å². The number of nitrogens with one attached hydrogen (secondary N) is 2. The number of ether oxygens (including phenoxy) is 1. The Hall–Kier alpha value is -3.17. The Morgan fingerprint density at radius 2 is 1.93 bits per heavy atom. The zero-order chi connectivity index (χ0) is 20.9. The van der Waals surface area contributed by atoms with Crippen molar-refractivity contribution >= 4 is 17.6 Å². The van der Waals surface area contributed by atoms with Gasteiger partial charge in [-0.25, -0.2) is 9.37 Å². The molecule has 1 atom stereocenters. The van der Waals surface area contributed by atoms with Gasteiger partial charge in [-0.05, 0) is 36.8 Å². The monoisotopic (exact) mass is 399 g/mol. The molecule has 2 amide bonds. The van der Waals surface area contributed by atoms with Crippen LogP contribution in [-0.2, 0) is 4.79 Å². The normalized spacial score (nSPS) is 12.2. The van der Waals surface area contributed by atoms with Gasteiger partial charge in [0, 0.05) is 18.7 Å². The van der Waals surface area contributed by atoms with Crippen molar-refractivity contribution in [1.29, 1.82) is 0 Å². The molecular formula is C18H17F4N3O3. The van der Waals surface area contributed by atoms with Gasteiger partial charge >= 0.3 is 6.18 Å². The summed E-state index contributed by atoms with van der Waals surface area (Å²) >= 11 is 0. The molecule has 150 valence electrons. The molecule has 1 heterocycles. The summed E-state index contributed by atoms with van der Waals surface area (Å²) in [6.07, 6.45) is -3.26. The maximum atomic E-state index is 13.7. The van der Waals surface area contributed by atoms with Crippen molar-refractivity contribution in [3.63, 3.8) is 0 Å². The van der Waals surface area contributed by atoms with Crippen molar-refractivity contribution < 1.29 is 31.9 Å². The van der Waals surface area contributed by atoms with Crippen molar-refractivity contribution in [2.24, 2.45) is 0 Å². The van der Waals surface area contributed by atoms with Crippen molar-refractivity contribution in [3.05, 3.63) is 53.5 Å². The lowest BCUT2D eigenvalue weighted by Crippen LogP contribution is -2.27. The van der Waals surface area contributed by atoms with E-state index in [0.717, 1.165) is 12.1 Å². The number of pyridine rings is 1. The lowest BCUT2D eigenvalue weighted by molar-refractivity contribution is -0.153. The van der Waals surface area contributed by atoms with Crippen molar-refractivity contribution in [2.45, 2.75) is 26.1 Å². The molecule has 0 saturated carbocycles. The highest BCUT2D eigenvalue weighted by Gasteiger charge is 2.29. The van der Waals surface area contributed by atoms with Crippen molar-refractivity contribution in [3.8, 4) is 5.75 Å². The van der Waals surface area contributed by atoms with E-state index < -0.39 is 36.3 Å². The van der Waals surface area contributed by atoms with Gasteiger partial charge in [-0.3, -0.25) is 9.59 Å². The molecule has 2 aromatic rings. The second-order valence-corrected chi connectivity index (χ2v) is 5.90. The average Bonchev–Trinajstić information content (AvgIpc) is 2.59. The summed E-state index contributed by atoms with van der Waals surface area (Å²) in [5.41, 5.74) is 0.560. The number of benzene rings is 1. The Labute approximate surface area is 157 Å². The zero-order valence-electron chi connectivity index (χ0n) is 14.9. The fourth-order valence-electron chi connectivity index (χ4n) is 2.24. The van der Waals surface area contributed by atoms with Gasteiger partial charge in [-0.15, -0.1) is 0 Å². The number of carbonyl (C=O) groups is 2. The van der Waals surface area contributed by atoms with Crippen LogP contribution in [0.1, 0.15) is 35.8 Å². The molecule has 0 fully saturated rings. The van der Waals surface area contributed by atoms with E-state index in [2.05, 4.69) is 20.4 Å². The first-order valence-electron chi connectivity index (χ1n) is 8.08. The highest BCUT2D eigenvalue weighted by molar-refractivity contribution is 5.96. The summed E-state index contributed by atoms with van der Waals surface area (Å²) in [5.74, 6) is -2.18. The van der Waals surface area contributed by atoms with Crippen LogP contribution in [0, 0.1) is 5.82 Å². The van der Waals surface area contributed by atoms with Gasteiger partial charge in [0.2, 0.25) is 5.91 Å². The Bertz CT molecular complexity index is 871. The van der Waals surface area contributed by atoms with Gasteiger partial charge in [0.15, 0.2) is 18.2 Å². The lowest BCUT2D eigenvalue weighted by atomic mass is 10.1. The molecule has 0 aliphatic heterocycles. The fraction of sp³-hybridized carbons (Fsp3) is 0.278. The summed E-state index contributed by atoms with van der Waals surface area (Å²) < 4.78 is 54.9. The van der Waals surface area contributed by atoms with Crippen LogP contribution in [0.3, 0.4) is 0 Å². The number of alkyl halides is 3. The quantitative estimate of drug-likeness (QED) is 0.728. The first-order chi connectivity index (χ1) is 13.0. The predicted octanol–water partition coefficient (Wildman–Crippen LogP) is 3.61. The molecule has 2 N–H and O–H groups in total. The van der Waals surface area contributed by atoms with E-state index in [9.17, 15) is 27.2 Å². The molecule has 0 aliphatic carbocycles. The molecule has 0 spiro atoms. The fourth-order valence-corrected chi connectivity index (χ4v) is 2.24. The van der Waals surface area contributed by atoms with Crippen LogP contribution in [0.2, 0.25) is 0 Å². The number of hydrogen-bond acceptors (Lipinski definition) is 4. The highest BCUT2D eigenvalue weighted by Crippen LogP contribution is 2.25.